The second-order valence-corrected chi connectivity index (χ2v) is 12.6. The van der Waals surface area contributed by atoms with Crippen LogP contribution < -0.4 is 38.9 Å². The highest BCUT2D eigenvalue weighted by Crippen LogP contribution is 2.36. The monoisotopic (exact) mass is 601 g/mol. The maximum Gasteiger partial charge on any atom is 0.250 e. The van der Waals surface area contributed by atoms with E-state index in [9.17, 15) is 25.2 Å². The second kappa shape index (κ2) is 14.1. The molecule has 0 aromatic rings. The van der Waals surface area contributed by atoms with E-state index < -0.39 is 78.4 Å². The largest absolute Gasteiger partial charge is 0.492 e. The van der Waals surface area contributed by atoms with Gasteiger partial charge in [0, 0.05) is 30.6 Å². The number of carbonyl (C=O) groups is 1. The summed E-state index contributed by atoms with van der Waals surface area (Å²) in [4.78, 5) is 12.6. The van der Waals surface area contributed by atoms with E-state index in [1.54, 1.807) is 7.05 Å². The molecule has 0 spiro atoms. The number of rotatable bonds is 11. The molecule has 2 aliphatic carbocycles. The molecule has 0 radical (unpaired) electrons. The molecule has 0 bridgehead atoms. The maximum absolute atomic E-state index is 12.6. The molecule has 2 heterocycles. The van der Waals surface area contributed by atoms with Crippen molar-refractivity contribution >= 4 is 5.91 Å². The number of likely N-dealkylation sites (N-methyl/N-ethyl adjacent to an activating group) is 1. The standard InChI is InChI=1S/C27H51N7O8/c1-27(39)11-40-26(21(37)24(27)32-2)42-23-17(34-25(38)18(35)8-28)7-16(31)19(20(23)36)22-15(30)4-3-14(41-22)10-33-9-12-5-13(29)6-12/h3,12-13,15-24,26,32-33,35-37,39H,4-11,28-31H2,1-2H3,(H,34,38)/t12?,13?,15-,16+,17-,18+,19?,20+,21-,22+,23+,24-,26-,27+/m1/s1. The third kappa shape index (κ3) is 7.42. The van der Waals surface area contributed by atoms with Gasteiger partial charge in [0.25, 0.3) is 0 Å². The van der Waals surface area contributed by atoms with Crippen molar-refractivity contribution < 1.29 is 39.4 Å². The minimum absolute atomic E-state index is 0.150. The third-order valence-electron chi connectivity index (χ3n) is 9.14. The Hall–Kier alpha value is -1.47. The summed E-state index contributed by atoms with van der Waals surface area (Å²) in [6.45, 7) is 2.40. The van der Waals surface area contributed by atoms with Crippen LogP contribution in [-0.2, 0) is 19.0 Å². The zero-order chi connectivity index (χ0) is 30.8. The van der Waals surface area contributed by atoms with Crippen molar-refractivity contribution in [2.45, 2.75) is 105 Å². The average molecular weight is 602 g/mol. The van der Waals surface area contributed by atoms with E-state index in [1.807, 2.05) is 6.08 Å². The van der Waals surface area contributed by atoms with Gasteiger partial charge in [-0.2, -0.15) is 0 Å². The van der Waals surface area contributed by atoms with Crippen LogP contribution in [-0.4, -0.2) is 132 Å². The van der Waals surface area contributed by atoms with E-state index in [1.165, 1.54) is 6.92 Å². The molecule has 4 rings (SSSR count). The lowest BCUT2D eigenvalue weighted by atomic mass is 9.72. The van der Waals surface area contributed by atoms with Crippen LogP contribution in [0.4, 0.5) is 0 Å². The van der Waals surface area contributed by atoms with Gasteiger partial charge in [0.15, 0.2) is 6.29 Å². The molecule has 2 saturated carbocycles. The highest BCUT2D eigenvalue weighted by molar-refractivity contribution is 5.81. The number of aliphatic hydroxyl groups is 4. The predicted molar refractivity (Wildman–Crippen MR) is 152 cm³/mol. The smallest absolute Gasteiger partial charge is 0.250 e. The summed E-state index contributed by atoms with van der Waals surface area (Å²) < 4.78 is 18.2. The van der Waals surface area contributed by atoms with Gasteiger partial charge < -0.3 is 73.5 Å². The first kappa shape index (κ1) is 33.4. The van der Waals surface area contributed by atoms with Crippen molar-refractivity contribution in [2.75, 3.05) is 33.3 Å². The molecule has 1 saturated heterocycles. The van der Waals surface area contributed by atoms with E-state index in [0.717, 1.165) is 19.4 Å². The topological polar surface area (TPSA) is 266 Å². The summed E-state index contributed by atoms with van der Waals surface area (Å²) in [6.07, 6.45) is -2.54. The highest BCUT2D eigenvalue weighted by atomic mass is 16.7. The molecular weight excluding hydrogens is 550 g/mol. The van der Waals surface area contributed by atoms with Crippen molar-refractivity contribution in [2.24, 2.45) is 34.8 Å². The molecule has 1 amide bonds. The van der Waals surface area contributed by atoms with Crippen LogP contribution >= 0.6 is 0 Å². The summed E-state index contributed by atoms with van der Waals surface area (Å²) in [5.41, 5.74) is 23.0. The van der Waals surface area contributed by atoms with Crippen molar-refractivity contribution in [1.82, 2.24) is 16.0 Å². The van der Waals surface area contributed by atoms with Crippen LogP contribution in [0.5, 0.6) is 0 Å². The van der Waals surface area contributed by atoms with Gasteiger partial charge in [0.1, 0.15) is 35.8 Å². The first-order chi connectivity index (χ1) is 19.9. The Morgan fingerprint density at radius 2 is 1.90 bits per heavy atom. The fourth-order valence-electron chi connectivity index (χ4n) is 6.70. The SMILES string of the molecule is CN[C@@H]1[C@@H](O)[C@@H](O[C@H]2[C@H](NC(=O)[C@@H](O)CN)C[C@H](N)C([C@H]3OC(CNCC4CC(N)C4)=CC[C@H]3N)[C@@H]2O)OC[C@]1(C)O. The molecule has 242 valence electrons. The van der Waals surface area contributed by atoms with Crippen LogP contribution in [0.3, 0.4) is 0 Å². The minimum atomic E-state index is -1.47. The summed E-state index contributed by atoms with van der Waals surface area (Å²) >= 11 is 0. The maximum atomic E-state index is 12.6. The highest BCUT2D eigenvalue weighted by Gasteiger charge is 2.53. The molecule has 42 heavy (non-hydrogen) atoms. The van der Waals surface area contributed by atoms with Crippen molar-refractivity contribution in [3.63, 3.8) is 0 Å². The molecule has 3 fully saturated rings. The molecular formula is C27H51N7O8. The summed E-state index contributed by atoms with van der Waals surface area (Å²) in [5.74, 6) is -0.199. The summed E-state index contributed by atoms with van der Waals surface area (Å²) in [7, 11) is 1.59. The van der Waals surface area contributed by atoms with Crippen molar-refractivity contribution in [3.8, 4) is 0 Å². The molecule has 15 N–H and O–H groups in total. The lowest BCUT2D eigenvalue weighted by Crippen LogP contribution is -2.69. The fraction of sp³-hybridized carbons (Fsp3) is 0.889. The lowest BCUT2D eigenvalue weighted by molar-refractivity contribution is -0.297. The van der Waals surface area contributed by atoms with Gasteiger partial charge >= 0.3 is 0 Å². The molecule has 1 unspecified atom stereocenters. The molecule has 15 heteroatoms. The molecule has 4 aliphatic rings. The lowest BCUT2D eigenvalue weighted by Gasteiger charge is -2.50. The Bertz CT molecular complexity index is 938. The fourth-order valence-corrected chi connectivity index (χ4v) is 6.70. The molecule has 0 aromatic heterocycles. The molecule has 0 aromatic carbocycles. The molecule has 12 atom stereocenters. The van der Waals surface area contributed by atoms with Gasteiger partial charge in [-0.1, -0.05) is 0 Å². The number of hydrogen-bond donors (Lipinski definition) is 11. The number of nitrogens with two attached hydrogens (primary N) is 4. The van der Waals surface area contributed by atoms with Gasteiger partial charge in [-0.05, 0) is 58.2 Å². The van der Waals surface area contributed by atoms with E-state index in [0.29, 0.717) is 24.6 Å². The van der Waals surface area contributed by atoms with Crippen molar-refractivity contribution in [3.05, 3.63) is 11.8 Å². The predicted octanol–water partition coefficient (Wildman–Crippen LogP) is -4.73. The number of aliphatic hydroxyl groups excluding tert-OH is 3. The summed E-state index contributed by atoms with van der Waals surface area (Å²) in [5, 5.41) is 52.4. The normalized spacial score (nSPS) is 44.9. The van der Waals surface area contributed by atoms with E-state index in [4.69, 9.17) is 37.1 Å². The number of hydrogen-bond acceptors (Lipinski definition) is 14. The zero-order valence-electron chi connectivity index (χ0n) is 24.5. The Morgan fingerprint density at radius 1 is 1.19 bits per heavy atom. The summed E-state index contributed by atoms with van der Waals surface area (Å²) in [6, 6.07) is -2.51. The van der Waals surface area contributed by atoms with Gasteiger partial charge in [0.05, 0.1) is 31.3 Å². The Labute approximate surface area is 246 Å². The number of nitrogens with one attached hydrogen (secondary N) is 3. The van der Waals surface area contributed by atoms with E-state index >= 15 is 0 Å². The average Bonchev–Trinajstić information content (AvgIpc) is 2.91. The Balaban J connectivity index is 1.49. The minimum Gasteiger partial charge on any atom is -0.492 e. The van der Waals surface area contributed by atoms with Crippen LogP contribution in [0.2, 0.25) is 0 Å². The third-order valence-corrected chi connectivity index (χ3v) is 9.14. The van der Waals surface area contributed by atoms with E-state index in [-0.39, 0.29) is 25.6 Å². The van der Waals surface area contributed by atoms with Crippen molar-refractivity contribution in [1.29, 1.82) is 0 Å². The number of ether oxygens (including phenoxy) is 3. The Kier molecular flexibility index (Phi) is 11.2. The Morgan fingerprint density at radius 3 is 2.55 bits per heavy atom. The number of amides is 1. The zero-order valence-corrected chi connectivity index (χ0v) is 24.5. The van der Waals surface area contributed by atoms with Gasteiger partial charge in [0.2, 0.25) is 5.91 Å². The first-order valence-corrected chi connectivity index (χ1v) is 14.9. The van der Waals surface area contributed by atoms with Gasteiger partial charge in [-0.15, -0.1) is 0 Å². The first-order valence-electron chi connectivity index (χ1n) is 14.9. The number of carbonyl (C=O) groups excluding carboxylic acids is 1. The molecule has 15 nitrogen and oxygen atoms in total. The van der Waals surface area contributed by atoms with Crippen LogP contribution in [0, 0.1) is 11.8 Å². The molecule has 2 aliphatic heterocycles. The van der Waals surface area contributed by atoms with Crippen LogP contribution in [0.15, 0.2) is 11.8 Å². The quantitative estimate of drug-likeness (QED) is 0.106. The second-order valence-electron chi connectivity index (χ2n) is 12.6. The van der Waals surface area contributed by atoms with Gasteiger partial charge in [-0.25, -0.2) is 0 Å². The van der Waals surface area contributed by atoms with Crippen LogP contribution in [0.1, 0.15) is 32.6 Å². The van der Waals surface area contributed by atoms with Gasteiger partial charge in [-0.3, -0.25) is 4.79 Å². The van der Waals surface area contributed by atoms with E-state index in [2.05, 4.69) is 16.0 Å². The van der Waals surface area contributed by atoms with Crippen LogP contribution in [0.25, 0.3) is 0 Å².